The van der Waals surface area contributed by atoms with Crippen LogP contribution in [0.15, 0.2) is 30.3 Å². The third-order valence-corrected chi connectivity index (χ3v) is 3.87. The van der Waals surface area contributed by atoms with Crippen LogP contribution in [-0.4, -0.2) is 41.7 Å². The van der Waals surface area contributed by atoms with Crippen molar-refractivity contribution in [1.29, 1.82) is 0 Å². The molecule has 1 aromatic rings. The van der Waals surface area contributed by atoms with Gasteiger partial charge in [-0.05, 0) is 51.1 Å². The summed E-state index contributed by atoms with van der Waals surface area (Å²) in [6.07, 6.45) is 3.76. The van der Waals surface area contributed by atoms with Gasteiger partial charge in [-0.1, -0.05) is 19.1 Å². The number of benzene rings is 1. The van der Waals surface area contributed by atoms with Gasteiger partial charge in [0.25, 0.3) is 0 Å². The summed E-state index contributed by atoms with van der Waals surface area (Å²) < 4.78 is 5.74. The molecule has 21 heavy (non-hydrogen) atoms. The Balaban J connectivity index is 2.53. The van der Waals surface area contributed by atoms with Crippen LogP contribution < -0.4 is 4.74 Å². The molecule has 0 radical (unpaired) electrons. The van der Waals surface area contributed by atoms with Crippen LogP contribution in [0.5, 0.6) is 5.75 Å². The zero-order valence-corrected chi connectivity index (χ0v) is 13.3. The molecule has 0 aliphatic rings. The van der Waals surface area contributed by atoms with Gasteiger partial charge in [-0.3, -0.25) is 4.90 Å². The molecule has 0 bridgehead atoms. The number of aliphatic carboxylic acids is 1. The summed E-state index contributed by atoms with van der Waals surface area (Å²) in [6.45, 7) is 8.05. The molecular weight excluding hydrogens is 266 g/mol. The van der Waals surface area contributed by atoms with Crippen molar-refractivity contribution in [2.45, 2.75) is 32.7 Å². The van der Waals surface area contributed by atoms with Crippen molar-refractivity contribution in [3.63, 3.8) is 0 Å². The number of nitrogens with zero attached hydrogens (tertiary/aromatic N) is 1. The van der Waals surface area contributed by atoms with E-state index in [1.807, 2.05) is 24.3 Å². The Kier molecular flexibility index (Phi) is 6.43. The Morgan fingerprint density at radius 3 is 2.76 bits per heavy atom. The lowest BCUT2D eigenvalue weighted by atomic mass is 10.0. The van der Waals surface area contributed by atoms with E-state index in [2.05, 4.69) is 32.7 Å². The maximum absolute atomic E-state index is 10.5. The minimum absolute atomic E-state index is 0.162. The molecule has 4 nitrogen and oxygen atoms in total. The number of hydrogen-bond acceptors (Lipinski definition) is 3. The summed E-state index contributed by atoms with van der Waals surface area (Å²) >= 11 is 0. The van der Waals surface area contributed by atoms with Crippen LogP contribution in [0.4, 0.5) is 0 Å². The highest BCUT2D eigenvalue weighted by Gasteiger charge is 2.20. The number of hydrogen-bond donors (Lipinski definition) is 1. The van der Waals surface area contributed by atoms with Crippen molar-refractivity contribution in [2.75, 3.05) is 20.2 Å². The lowest BCUT2D eigenvalue weighted by Crippen LogP contribution is -2.42. The predicted octanol–water partition coefficient (Wildman–Crippen LogP) is 3.28. The second-order valence-electron chi connectivity index (χ2n) is 5.68. The average Bonchev–Trinajstić information content (AvgIpc) is 2.45. The van der Waals surface area contributed by atoms with Gasteiger partial charge < -0.3 is 9.84 Å². The number of likely N-dealkylation sites (N-methyl/N-ethyl adjacent to an activating group) is 1. The summed E-state index contributed by atoms with van der Waals surface area (Å²) in [7, 11) is 2.10. The number of carboxylic acids is 1. The molecule has 0 saturated heterocycles. The summed E-state index contributed by atoms with van der Waals surface area (Å²) in [5.41, 5.74) is 0.979. The van der Waals surface area contributed by atoms with Crippen LogP contribution in [0.25, 0.3) is 6.08 Å². The standard InChI is InChI=1S/C17H25NO3/c1-5-17(2,3)18(4)11-12-21-15-8-6-7-14(13-15)9-10-16(19)20/h6-10,13H,5,11-12H2,1-4H3,(H,19,20). The fourth-order valence-corrected chi connectivity index (χ4v) is 1.75. The van der Waals surface area contributed by atoms with E-state index in [0.29, 0.717) is 6.61 Å². The van der Waals surface area contributed by atoms with E-state index in [-0.39, 0.29) is 5.54 Å². The molecule has 0 amide bonds. The third-order valence-electron chi connectivity index (χ3n) is 3.87. The van der Waals surface area contributed by atoms with Gasteiger partial charge in [0.05, 0.1) is 0 Å². The van der Waals surface area contributed by atoms with Gasteiger partial charge in [0.15, 0.2) is 0 Å². The maximum Gasteiger partial charge on any atom is 0.328 e. The highest BCUT2D eigenvalue weighted by Crippen LogP contribution is 2.17. The molecule has 0 aliphatic heterocycles. The Bertz CT molecular complexity index is 495. The van der Waals surface area contributed by atoms with Crippen molar-refractivity contribution >= 4 is 12.0 Å². The van der Waals surface area contributed by atoms with E-state index in [0.717, 1.165) is 30.4 Å². The maximum atomic E-state index is 10.5. The minimum Gasteiger partial charge on any atom is -0.492 e. The molecule has 0 atom stereocenters. The number of rotatable bonds is 8. The molecule has 0 aliphatic carbocycles. The fourth-order valence-electron chi connectivity index (χ4n) is 1.75. The van der Waals surface area contributed by atoms with E-state index in [4.69, 9.17) is 9.84 Å². The van der Waals surface area contributed by atoms with Crippen molar-refractivity contribution in [3.8, 4) is 5.75 Å². The lowest BCUT2D eigenvalue weighted by molar-refractivity contribution is -0.131. The topological polar surface area (TPSA) is 49.8 Å². The molecule has 0 spiro atoms. The van der Waals surface area contributed by atoms with Crippen molar-refractivity contribution in [2.24, 2.45) is 0 Å². The first-order chi connectivity index (χ1) is 9.85. The van der Waals surface area contributed by atoms with Crippen LogP contribution in [-0.2, 0) is 4.79 Å². The van der Waals surface area contributed by atoms with Crippen LogP contribution in [0.1, 0.15) is 32.8 Å². The van der Waals surface area contributed by atoms with Gasteiger partial charge >= 0.3 is 5.97 Å². The van der Waals surface area contributed by atoms with Gasteiger partial charge in [-0.25, -0.2) is 4.79 Å². The molecule has 0 fully saturated rings. The van der Waals surface area contributed by atoms with E-state index in [1.54, 1.807) is 6.08 Å². The second-order valence-corrected chi connectivity index (χ2v) is 5.68. The van der Waals surface area contributed by atoms with E-state index < -0.39 is 5.97 Å². The molecule has 0 saturated carbocycles. The van der Waals surface area contributed by atoms with Crippen LogP contribution in [0, 0.1) is 0 Å². The smallest absolute Gasteiger partial charge is 0.328 e. The third kappa shape index (κ3) is 6.00. The SMILES string of the molecule is CCC(C)(C)N(C)CCOc1cccc(C=CC(=O)O)c1. The zero-order chi connectivity index (χ0) is 15.9. The summed E-state index contributed by atoms with van der Waals surface area (Å²) in [5, 5.41) is 8.62. The van der Waals surface area contributed by atoms with Crippen LogP contribution >= 0.6 is 0 Å². The van der Waals surface area contributed by atoms with Gasteiger partial charge in [0, 0.05) is 18.2 Å². The molecule has 1 rings (SSSR count). The normalized spacial score (nSPS) is 12.0. The first-order valence-electron chi connectivity index (χ1n) is 7.20. The van der Waals surface area contributed by atoms with Crippen LogP contribution in [0.3, 0.4) is 0 Å². The predicted molar refractivity (Wildman–Crippen MR) is 85.6 cm³/mol. The van der Waals surface area contributed by atoms with Crippen LogP contribution in [0.2, 0.25) is 0 Å². The van der Waals surface area contributed by atoms with E-state index in [9.17, 15) is 4.79 Å². The largest absolute Gasteiger partial charge is 0.492 e. The monoisotopic (exact) mass is 291 g/mol. The first-order valence-corrected chi connectivity index (χ1v) is 7.20. The quantitative estimate of drug-likeness (QED) is 0.747. The summed E-state index contributed by atoms with van der Waals surface area (Å²) in [6, 6.07) is 7.42. The number of ether oxygens (including phenoxy) is 1. The summed E-state index contributed by atoms with van der Waals surface area (Å²) in [4.78, 5) is 12.8. The minimum atomic E-state index is -0.954. The van der Waals surface area contributed by atoms with E-state index in [1.165, 1.54) is 0 Å². The molecule has 1 aromatic carbocycles. The molecule has 4 heteroatoms. The highest BCUT2D eigenvalue weighted by molar-refractivity contribution is 5.85. The van der Waals surface area contributed by atoms with Gasteiger partial charge in [-0.15, -0.1) is 0 Å². The highest BCUT2D eigenvalue weighted by atomic mass is 16.5. The summed E-state index contributed by atoms with van der Waals surface area (Å²) in [5.74, 6) is -0.199. The number of carboxylic acid groups (broad SMARTS) is 1. The molecule has 0 aromatic heterocycles. The van der Waals surface area contributed by atoms with Gasteiger partial charge in [-0.2, -0.15) is 0 Å². The zero-order valence-electron chi connectivity index (χ0n) is 13.3. The molecule has 1 N–H and O–H groups in total. The van der Waals surface area contributed by atoms with Gasteiger partial charge in [0.2, 0.25) is 0 Å². The van der Waals surface area contributed by atoms with Crippen molar-refractivity contribution in [3.05, 3.63) is 35.9 Å². The first kappa shape index (κ1) is 17.2. The number of carbonyl (C=O) groups is 1. The molecule has 0 heterocycles. The average molecular weight is 291 g/mol. The second kappa shape index (κ2) is 7.84. The lowest BCUT2D eigenvalue weighted by Gasteiger charge is -2.34. The Hall–Kier alpha value is -1.81. The fraction of sp³-hybridized carbons (Fsp3) is 0.471. The molecular formula is C17H25NO3. The van der Waals surface area contributed by atoms with Crippen molar-refractivity contribution < 1.29 is 14.6 Å². The Labute approximate surface area is 127 Å². The molecule has 0 unspecified atom stereocenters. The molecule has 116 valence electrons. The Morgan fingerprint density at radius 2 is 2.14 bits per heavy atom. The Morgan fingerprint density at radius 1 is 1.43 bits per heavy atom. The van der Waals surface area contributed by atoms with Gasteiger partial charge in [0.1, 0.15) is 12.4 Å². The van der Waals surface area contributed by atoms with E-state index >= 15 is 0 Å². The van der Waals surface area contributed by atoms with Crippen molar-refractivity contribution in [1.82, 2.24) is 4.90 Å².